The average Bonchev–Trinajstić information content (AvgIpc) is 2.18. The van der Waals surface area contributed by atoms with E-state index in [4.69, 9.17) is 5.84 Å². The zero-order valence-corrected chi connectivity index (χ0v) is 8.01. The maximum absolute atomic E-state index is 11.1. The molecule has 80 valence electrons. The highest BCUT2D eigenvalue weighted by Gasteiger charge is 2.08. The standard InChI is InChI=1S/C8H10N4O3/c1-11(9)8(13)10-6-3-2-4-7(5-6)12(14)15/h2-5H,9H2,1H3,(H,10,13). The predicted molar refractivity (Wildman–Crippen MR) is 54.1 cm³/mol. The van der Waals surface area contributed by atoms with Gasteiger partial charge in [-0.3, -0.25) is 15.1 Å². The van der Waals surface area contributed by atoms with E-state index in [9.17, 15) is 14.9 Å². The molecule has 7 nitrogen and oxygen atoms in total. The Morgan fingerprint density at radius 2 is 2.27 bits per heavy atom. The number of nitrogens with zero attached hydrogens (tertiary/aromatic N) is 2. The van der Waals surface area contributed by atoms with Crippen LogP contribution in [0.1, 0.15) is 0 Å². The first-order chi connectivity index (χ1) is 7.00. The Bertz CT molecular complexity index is 391. The lowest BCUT2D eigenvalue weighted by Gasteiger charge is -2.10. The largest absolute Gasteiger partial charge is 0.335 e. The molecule has 0 aliphatic rings. The fourth-order valence-electron chi connectivity index (χ4n) is 0.909. The Labute approximate surface area is 85.6 Å². The van der Waals surface area contributed by atoms with Crippen LogP contribution in [0.4, 0.5) is 16.2 Å². The van der Waals surface area contributed by atoms with E-state index in [1.165, 1.54) is 31.3 Å². The van der Waals surface area contributed by atoms with Crippen molar-refractivity contribution in [3.8, 4) is 0 Å². The number of rotatable bonds is 2. The van der Waals surface area contributed by atoms with Gasteiger partial charge in [0.1, 0.15) is 0 Å². The van der Waals surface area contributed by atoms with Crippen LogP contribution in [0.3, 0.4) is 0 Å². The normalized spacial score (nSPS) is 9.47. The number of urea groups is 1. The number of benzene rings is 1. The number of nitrogens with two attached hydrogens (primary N) is 1. The van der Waals surface area contributed by atoms with E-state index in [2.05, 4.69) is 5.32 Å². The Balaban J connectivity index is 2.83. The van der Waals surface area contributed by atoms with Gasteiger partial charge in [-0.2, -0.15) is 0 Å². The summed E-state index contributed by atoms with van der Waals surface area (Å²) in [7, 11) is 1.37. The summed E-state index contributed by atoms with van der Waals surface area (Å²) in [5.74, 6) is 5.17. The second kappa shape index (κ2) is 4.38. The van der Waals surface area contributed by atoms with Crippen molar-refractivity contribution in [2.24, 2.45) is 5.84 Å². The third-order valence-corrected chi connectivity index (χ3v) is 1.63. The molecule has 2 amide bonds. The first-order valence-electron chi connectivity index (χ1n) is 4.04. The van der Waals surface area contributed by atoms with Gasteiger partial charge in [0.2, 0.25) is 0 Å². The Kier molecular flexibility index (Phi) is 3.19. The van der Waals surface area contributed by atoms with Gasteiger partial charge in [0.25, 0.3) is 5.69 Å². The third kappa shape index (κ3) is 2.92. The molecule has 1 rings (SSSR count). The zero-order chi connectivity index (χ0) is 11.4. The maximum atomic E-state index is 11.1. The van der Waals surface area contributed by atoms with Gasteiger partial charge >= 0.3 is 6.03 Å². The monoisotopic (exact) mass is 210 g/mol. The summed E-state index contributed by atoms with van der Waals surface area (Å²) in [6.45, 7) is 0. The van der Waals surface area contributed by atoms with Gasteiger partial charge in [-0.15, -0.1) is 0 Å². The first-order valence-corrected chi connectivity index (χ1v) is 4.04. The molecule has 3 N–H and O–H groups in total. The number of non-ortho nitro benzene ring substituents is 1. The highest BCUT2D eigenvalue weighted by molar-refractivity contribution is 5.89. The second-order valence-corrected chi connectivity index (χ2v) is 2.85. The summed E-state index contributed by atoms with van der Waals surface area (Å²) in [6, 6.07) is 5.05. The van der Waals surface area contributed by atoms with Crippen molar-refractivity contribution in [1.29, 1.82) is 0 Å². The summed E-state index contributed by atoms with van der Waals surface area (Å²) < 4.78 is 0. The minimum atomic E-state index is -0.546. The van der Waals surface area contributed by atoms with Crippen molar-refractivity contribution < 1.29 is 9.72 Å². The fraction of sp³-hybridized carbons (Fsp3) is 0.125. The van der Waals surface area contributed by atoms with Crippen LogP contribution in [0.15, 0.2) is 24.3 Å². The molecule has 0 atom stereocenters. The molecule has 0 unspecified atom stereocenters. The number of carbonyl (C=O) groups excluding carboxylic acids is 1. The molecule has 0 aliphatic carbocycles. The number of hydrogen-bond donors (Lipinski definition) is 2. The minimum Gasteiger partial charge on any atom is -0.306 e. The van der Waals surface area contributed by atoms with Crippen molar-refractivity contribution in [1.82, 2.24) is 5.01 Å². The summed E-state index contributed by atoms with van der Waals surface area (Å²) in [6.07, 6.45) is 0. The number of nitro benzene ring substituents is 1. The molecule has 1 aromatic carbocycles. The Morgan fingerprint density at radius 3 is 2.80 bits per heavy atom. The van der Waals surface area contributed by atoms with E-state index in [-0.39, 0.29) is 5.69 Å². The molecule has 0 saturated heterocycles. The van der Waals surface area contributed by atoms with Gasteiger partial charge in [-0.1, -0.05) is 6.07 Å². The Morgan fingerprint density at radius 1 is 1.60 bits per heavy atom. The zero-order valence-electron chi connectivity index (χ0n) is 8.01. The molecule has 7 heteroatoms. The van der Waals surface area contributed by atoms with E-state index in [1.807, 2.05) is 0 Å². The van der Waals surface area contributed by atoms with Crippen LogP contribution < -0.4 is 11.2 Å². The molecular weight excluding hydrogens is 200 g/mol. The van der Waals surface area contributed by atoms with Crippen LogP contribution >= 0.6 is 0 Å². The average molecular weight is 210 g/mol. The van der Waals surface area contributed by atoms with Crippen molar-refractivity contribution in [3.05, 3.63) is 34.4 Å². The topological polar surface area (TPSA) is 102 Å². The van der Waals surface area contributed by atoms with E-state index in [1.54, 1.807) is 0 Å². The van der Waals surface area contributed by atoms with Crippen LogP contribution in [-0.4, -0.2) is 23.0 Å². The van der Waals surface area contributed by atoms with E-state index >= 15 is 0 Å². The number of nitro groups is 1. The summed E-state index contributed by atoms with van der Waals surface area (Å²) >= 11 is 0. The molecule has 0 radical (unpaired) electrons. The van der Waals surface area contributed by atoms with Gasteiger partial charge in [0.15, 0.2) is 0 Å². The summed E-state index contributed by atoms with van der Waals surface area (Å²) in [5.41, 5.74) is 0.235. The molecule has 0 fully saturated rings. The van der Waals surface area contributed by atoms with Crippen LogP contribution in [0.2, 0.25) is 0 Å². The molecule has 0 aliphatic heterocycles. The second-order valence-electron chi connectivity index (χ2n) is 2.85. The maximum Gasteiger partial charge on any atom is 0.335 e. The number of hydrazine groups is 1. The van der Waals surface area contributed by atoms with Crippen molar-refractivity contribution in [2.75, 3.05) is 12.4 Å². The number of nitrogens with one attached hydrogen (secondary N) is 1. The smallest absolute Gasteiger partial charge is 0.306 e. The van der Waals surface area contributed by atoms with E-state index in [0.29, 0.717) is 5.69 Å². The van der Waals surface area contributed by atoms with Crippen molar-refractivity contribution in [3.63, 3.8) is 0 Å². The van der Waals surface area contributed by atoms with Crippen LogP contribution in [0, 0.1) is 10.1 Å². The molecule has 0 bridgehead atoms. The van der Waals surface area contributed by atoms with Crippen LogP contribution in [-0.2, 0) is 0 Å². The van der Waals surface area contributed by atoms with Gasteiger partial charge in [-0.25, -0.2) is 10.6 Å². The van der Waals surface area contributed by atoms with E-state index in [0.717, 1.165) is 5.01 Å². The molecule has 1 aromatic rings. The molecular formula is C8H10N4O3. The molecule has 0 heterocycles. The van der Waals surface area contributed by atoms with Gasteiger partial charge in [-0.05, 0) is 6.07 Å². The lowest BCUT2D eigenvalue weighted by molar-refractivity contribution is -0.384. The minimum absolute atomic E-state index is 0.0903. The molecule has 15 heavy (non-hydrogen) atoms. The molecule has 0 aromatic heterocycles. The lowest BCUT2D eigenvalue weighted by atomic mass is 10.3. The van der Waals surface area contributed by atoms with Gasteiger partial charge in [0, 0.05) is 24.9 Å². The van der Waals surface area contributed by atoms with Crippen LogP contribution in [0.25, 0.3) is 0 Å². The Hall–Kier alpha value is -2.15. The summed E-state index contributed by atoms with van der Waals surface area (Å²) in [4.78, 5) is 21.0. The molecule has 0 saturated carbocycles. The predicted octanol–water partition coefficient (Wildman–Crippen LogP) is 0.932. The quantitative estimate of drug-likeness (QED) is 0.328. The van der Waals surface area contributed by atoms with Gasteiger partial charge < -0.3 is 5.32 Å². The number of anilines is 1. The van der Waals surface area contributed by atoms with Crippen molar-refractivity contribution in [2.45, 2.75) is 0 Å². The van der Waals surface area contributed by atoms with Gasteiger partial charge in [0.05, 0.1) is 4.92 Å². The van der Waals surface area contributed by atoms with E-state index < -0.39 is 11.0 Å². The first kappa shape index (κ1) is 10.9. The molecule has 0 spiro atoms. The summed E-state index contributed by atoms with van der Waals surface area (Å²) in [5, 5.41) is 13.7. The lowest BCUT2D eigenvalue weighted by Crippen LogP contribution is -2.36. The fourth-order valence-corrected chi connectivity index (χ4v) is 0.909. The number of carbonyl (C=O) groups is 1. The highest BCUT2D eigenvalue weighted by atomic mass is 16.6. The SMILES string of the molecule is CN(N)C(=O)Nc1cccc([N+](=O)[O-])c1. The highest BCUT2D eigenvalue weighted by Crippen LogP contribution is 2.16. The third-order valence-electron chi connectivity index (χ3n) is 1.63. The van der Waals surface area contributed by atoms with Crippen molar-refractivity contribution >= 4 is 17.4 Å². The number of hydrogen-bond acceptors (Lipinski definition) is 4. The number of amides is 2. The van der Waals surface area contributed by atoms with Crippen LogP contribution in [0.5, 0.6) is 0 Å².